The van der Waals surface area contributed by atoms with E-state index < -0.39 is 0 Å². The van der Waals surface area contributed by atoms with Gasteiger partial charge in [-0.2, -0.15) is 0 Å². The van der Waals surface area contributed by atoms with Gasteiger partial charge in [-0.15, -0.1) is 0 Å². The van der Waals surface area contributed by atoms with Gasteiger partial charge in [-0.3, -0.25) is 4.79 Å². The van der Waals surface area contributed by atoms with Gasteiger partial charge < -0.3 is 10.2 Å². The number of amides is 1. The van der Waals surface area contributed by atoms with Crippen LogP contribution < -0.4 is 10.2 Å². The Morgan fingerprint density at radius 2 is 1.70 bits per heavy atom. The number of benzene rings is 2. The SMILES string of the molecule is O=C(NC1CC[NH+](Cc2ccc(Cl)cc2)CC1)c1ccc2c(c1)CCCC2. The minimum absolute atomic E-state index is 0.0922. The van der Waals surface area contributed by atoms with Gasteiger partial charge in [-0.05, 0) is 61.1 Å². The summed E-state index contributed by atoms with van der Waals surface area (Å²) in [5, 5.41) is 4.05. The van der Waals surface area contributed by atoms with Crippen LogP contribution in [-0.2, 0) is 19.4 Å². The Morgan fingerprint density at radius 1 is 1.00 bits per heavy atom. The summed E-state index contributed by atoms with van der Waals surface area (Å²) < 4.78 is 0. The van der Waals surface area contributed by atoms with Crippen molar-refractivity contribution in [2.75, 3.05) is 13.1 Å². The lowest BCUT2D eigenvalue weighted by atomic mass is 9.90. The Bertz CT molecular complexity index is 795. The van der Waals surface area contributed by atoms with Gasteiger partial charge in [-0.25, -0.2) is 0 Å². The van der Waals surface area contributed by atoms with E-state index in [1.54, 1.807) is 4.90 Å². The second kappa shape index (κ2) is 8.45. The summed E-state index contributed by atoms with van der Waals surface area (Å²) in [5.41, 5.74) is 4.95. The lowest BCUT2D eigenvalue weighted by Gasteiger charge is -2.30. The van der Waals surface area contributed by atoms with Gasteiger partial charge in [0, 0.05) is 35.0 Å². The minimum atomic E-state index is 0.0922. The van der Waals surface area contributed by atoms with Gasteiger partial charge in [0.05, 0.1) is 13.1 Å². The third-order valence-corrected chi connectivity index (χ3v) is 6.26. The molecule has 1 fully saturated rings. The smallest absolute Gasteiger partial charge is 0.251 e. The Morgan fingerprint density at radius 3 is 2.44 bits per heavy atom. The van der Waals surface area contributed by atoms with Gasteiger partial charge in [0.25, 0.3) is 5.91 Å². The average molecular weight is 384 g/mol. The third kappa shape index (κ3) is 4.72. The van der Waals surface area contributed by atoms with Gasteiger partial charge in [0.15, 0.2) is 0 Å². The van der Waals surface area contributed by atoms with Crippen molar-refractivity contribution in [1.82, 2.24) is 5.32 Å². The zero-order valence-corrected chi connectivity index (χ0v) is 16.5. The van der Waals surface area contributed by atoms with Crippen LogP contribution in [0, 0.1) is 0 Å². The fraction of sp³-hybridized carbons (Fsp3) is 0.435. The van der Waals surface area contributed by atoms with E-state index in [0.29, 0.717) is 6.04 Å². The third-order valence-electron chi connectivity index (χ3n) is 6.01. The number of fused-ring (bicyclic) bond motifs is 1. The molecule has 1 aliphatic carbocycles. The first-order valence-electron chi connectivity index (χ1n) is 10.2. The molecular formula is C23H28ClN2O+. The van der Waals surface area contributed by atoms with Gasteiger partial charge in [0.1, 0.15) is 6.54 Å². The Balaban J connectivity index is 1.28. The van der Waals surface area contributed by atoms with E-state index in [1.807, 2.05) is 18.2 Å². The van der Waals surface area contributed by atoms with Crippen molar-refractivity contribution >= 4 is 17.5 Å². The number of aryl methyl sites for hydroxylation is 2. The molecule has 1 amide bonds. The highest BCUT2D eigenvalue weighted by molar-refractivity contribution is 6.30. The quantitative estimate of drug-likeness (QED) is 0.835. The number of hydrogen-bond donors (Lipinski definition) is 2. The molecule has 4 heteroatoms. The molecule has 3 nitrogen and oxygen atoms in total. The molecule has 1 heterocycles. The molecule has 0 radical (unpaired) electrons. The van der Waals surface area contributed by atoms with Crippen molar-refractivity contribution in [3.8, 4) is 0 Å². The van der Waals surface area contributed by atoms with Crippen LogP contribution in [0.15, 0.2) is 42.5 Å². The van der Waals surface area contributed by atoms with Crippen LogP contribution >= 0.6 is 11.6 Å². The molecule has 1 aliphatic heterocycles. The summed E-state index contributed by atoms with van der Waals surface area (Å²) in [6.07, 6.45) is 6.87. The molecule has 2 aromatic carbocycles. The van der Waals surface area contributed by atoms with Crippen LogP contribution in [0.2, 0.25) is 5.02 Å². The maximum Gasteiger partial charge on any atom is 0.251 e. The van der Waals surface area contributed by atoms with E-state index in [9.17, 15) is 4.79 Å². The zero-order valence-electron chi connectivity index (χ0n) is 15.8. The standard InChI is InChI=1S/C23H27ClN2O/c24-21-9-5-17(6-10-21)16-26-13-11-22(12-14-26)25-23(27)20-8-7-18-3-1-2-4-19(18)15-20/h5-10,15,22H,1-4,11-14,16H2,(H,25,27)/p+1. The molecule has 0 saturated carbocycles. The molecule has 0 unspecified atom stereocenters. The lowest BCUT2D eigenvalue weighted by molar-refractivity contribution is -0.918. The van der Waals surface area contributed by atoms with Crippen molar-refractivity contribution in [2.45, 2.75) is 51.1 Å². The van der Waals surface area contributed by atoms with Crippen molar-refractivity contribution in [3.63, 3.8) is 0 Å². The number of carbonyl (C=O) groups excluding carboxylic acids is 1. The first kappa shape index (κ1) is 18.5. The summed E-state index contributed by atoms with van der Waals surface area (Å²) in [5.74, 6) is 0.0922. The van der Waals surface area contributed by atoms with Gasteiger partial charge >= 0.3 is 0 Å². The normalized spacial score (nSPS) is 22.1. The van der Waals surface area contributed by atoms with Crippen molar-refractivity contribution in [2.24, 2.45) is 0 Å². The van der Waals surface area contributed by atoms with E-state index in [1.165, 1.54) is 29.5 Å². The summed E-state index contributed by atoms with van der Waals surface area (Å²) in [4.78, 5) is 14.3. The van der Waals surface area contributed by atoms with Crippen LogP contribution in [0.25, 0.3) is 0 Å². The fourth-order valence-corrected chi connectivity index (χ4v) is 4.51. The van der Waals surface area contributed by atoms with E-state index in [0.717, 1.165) is 55.9 Å². The molecule has 27 heavy (non-hydrogen) atoms. The molecule has 2 N–H and O–H groups in total. The predicted molar refractivity (Wildman–Crippen MR) is 109 cm³/mol. The van der Waals surface area contributed by atoms with Crippen LogP contribution in [0.4, 0.5) is 0 Å². The maximum atomic E-state index is 12.7. The molecule has 1 saturated heterocycles. The number of rotatable bonds is 4. The van der Waals surface area contributed by atoms with Crippen molar-refractivity contribution in [3.05, 3.63) is 69.7 Å². The predicted octanol–water partition coefficient (Wildman–Crippen LogP) is 3.20. The lowest BCUT2D eigenvalue weighted by Crippen LogP contribution is -3.12. The number of nitrogens with one attached hydrogen (secondary N) is 2. The molecule has 142 valence electrons. The van der Waals surface area contributed by atoms with Crippen LogP contribution in [0.1, 0.15) is 52.7 Å². The number of carbonyl (C=O) groups is 1. The highest BCUT2D eigenvalue weighted by Gasteiger charge is 2.24. The van der Waals surface area contributed by atoms with E-state index in [-0.39, 0.29) is 5.91 Å². The second-order valence-electron chi connectivity index (χ2n) is 7.99. The number of quaternary nitrogens is 1. The number of halogens is 1. The summed E-state index contributed by atoms with van der Waals surface area (Å²) >= 11 is 5.96. The van der Waals surface area contributed by atoms with E-state index >= 15 is 0 Å². The molecule has 0 bridgehead atoms. The second-order valence-corrected chi connectivity index (χ2v) is 8.43. The van der Waals surface area contributed by atoms with E-state index in [4.69, 9.17) is 11.6 Å². The minimum Gasteiger partial charge on any atom is -0.349 e. The van der Waals surface area contributed by atoms with Gasteiger partial charge in [0.2, 0.25) is 0 Å². The molecule has 0 atom stereocenters. The summed E-state index contributed by atoms with van der Waals surface area (Å²) in [6, 6.07) is 14.7. The first-order chi connectivity index (χ1) is 13.2. The number of hydrogen-bond acceptors (Lipinski definition) is 1. The highest BCUT2D eigenvalue weighted by Crippen LogP contribution is 2.22. The first-order valence-corrected chi connectivity index (χ1v) is 10.6. The molecule has 2 aromatic rings. The monoisotopic (exact) mass is 383 g/mol. The Hall–Kier alpha value is -1.84. The summed E-state index contributed by atoms with van der Waals surface area (Å²) in [6.45, 7) is 3.22. The van der Waals surface area contributed by atoms with Gasteiger partial charge in [-0.1, -0.05) is 29.8 Å². The largest absolute Gasteiger partial charge is 0.349 e. The average Bonchev–Trinajstić information content (AvgIpc) is 2.71. The van der Waals surface area contributed by atoms with Crippen LogP contribution in [0.5, 0.6) is 0 Å². The Kier molecular flexibility index (Phi) is 5.80. The summed E-state index contributed by atoms with van der Waals surface area (Å²) in [7, 11) is 0. The molecule has 0 spiro atoms. The van der Waals surface area contributed by atoms with Crippen LogP contribution in [0.3, 0.4) is 0 Å². The fourth-order valence-electron chi connectivity index (χ4n) is 4.38. The molecule has 0 aromatic heterocycles. The molecule has 2 aliphatic rings. The number of piperidine rings is 1. The Labute approximate surface area is 166 Å². The van der Waals surface area contributed by atoms with Crippen molar-refractivity contribution in [1.29, 1.82) is 0 Å². The topological polar surface area (TPSA) is 33.5 Å². The number of likely N-dealkylation sites (tertiary alicyclic amines) is 1. The maximum absolute atomic E-state index is 12.7. The molecule has 4 rings (SSSR count). The highest BCUT2D eigenvalue weighted by atomic mass is 35.5. The molecular weight excluding hydrogens is 356 g/mol. The van der Waals surface area contributed by atoms with Crippen LogP contribution in [-0.4, -0.2) is 25.0 Å². The zero-order chi connectivity index (χ0) is 18.6. The van der Waals surface area contributed by atoms with E-state index in [2.05, 4.69) is 29.6 Å². The van der Waals surface area contributed by atoms with Crippen molar-refractivity contribution < 1.29 is 9.69 Å².